The van der Waals surface area contributed by atoms with Crippen molar-refractivity contribution in [2.24, 2.45) is 7.05 Å². The molecule has 0 atom stereocenters. The van der Waals surface area contributed by atoms with Crippen molar-refractivity contribution in [1.82, 2.24) is 4.57 Å². The number of fused-ring (bicyclic) bond motifs is 1. The highest BCUT2D eigenvalue weighted by Gasteiger charge is 2.06. The summed E-state index contributed by atoms with van der Waals surface area (Å²) in [4.78, 5) is 11.5. The van der Waals surface area contributed by atoms with E-state index in [4.69, 9.17) is 11.6 Å². The van der Waals surface area contributed by atoms with Crippen LogP contribution >= 0.6 is 27.5 Å². The summed E-state index contributed by atoms with van der Waals surface area (Å²) in [6.07, 6.45) is 0. The highest BCUT2D eigenvalue weighted by atomic mass is 79.9. The first-order chi connectivity index (χ1) is 6.61. The zero-order chi connectivity index (χ0) is 10.3. The van der Waals surface area contributed by atoms with Crippen LogP contribution in [0.3, 0.4) is 0 Å². The number of hydrogen-bond donors (Lipinski definition) is 0. The van der Waals surface area contributed by atoms with E-state index in [-0.39, 0.29) is 5.56 Å². The summed E-state index contributed by atoms with van der Waals surface area (Å²) >= 11 is 9.37. The maximum atomic E-state index is 11.5. The molecule has 0 fully saturated rings. The minimum absolute atomic E-state index is 0.102. The van der Waals surface area contributed by atoms with Crippen LogP contribution in [0.25, 0.3) is 10.9 Å². The van der Waals surface area contributed by atoms with Gasteiger partial charge in [0, 0.05) is 23.0 Å². The first-order valence-electron chi connectivity index (χ1n) is 4.05. The molecular weight excluding hydrogens is 265 g/mol. The fraction of sp³-hybridized carbons (Fsp3) is 0.100. The molecule has 0 aliphatic rings. The molecule has 0 aliphatic heterocycles. The summed E-state index contributed by atoms with van der Waals surface area (Å²) in [6.45, 7) is 0. The summed E-state index contributed by atoms with van der Waals surface area (Å²) in [5, 5.41) is 1.37. The zero-order valence-corrected chi connectivity index (χ0v) is 9.76. The summed E-state index contributed by atoms with van der Waals surface area (Å²) in [5.74, 6) is 0. The molecule has 0 unspecified atom stereocenters. The molecule has 72 valence electrons. The first kappa shape index (κ1) is 9.74. The molecule has 4 heteroatoms. The molecule has 2 nitrogen and oxygen atoms in total. The van der Waals surface area contributed by atoms with E-state index in [0.717, 1.165) is 15.4 Å². The van der Waals surface area contributed by atoms with Gasteiger partial charge in [-0.2, -0.15) is 0 Å². The number of pyridine rings is 1. The predicted molar refractivity (Wildman–Crippen MR) is 61.9 cm³/mol. The van der Waals surface area contributed by atoms with E-state index in [1.165, 1.54) is 6.07 Å². The van der Waals surface area contributed by atoms with Gasteiger partial charge in [-0.3, -0.25) is 4.79 Å². The Labute approximate surface area is 94.2 Å². The first-order valence-corrected chi connectivity index (χ1v) is 5.22. The minimum atomic E-state index is -0.102. The molecule has 0 aliphatic carbocycles. The third-order valence-electron chi connectivity index (χ3n) is 2.16. The van der Waals surface area contributed by atoms with Gasteiger partial charge in [-0.25, -0.2) is 0 Å². The molecular formula is C10H7BrClNO. The molecule has 0 N–H and O–H groups in total. The summed E-state index contributed by atoms with van der Waals surface area (Å²) < 4.78 is 2.45. The van der Waals surface area contributed by atoms with E-state index in [0.29, 0.717) is 5.02 Å². The Kier molecular flexibility index (Phi) is 2.37. The van der Waals surface area contributed by atoms with Crippen LogP contribution in [0.5, 0.6) is 0 Å². The number of hydrogen-bond acceptors (Lipinski definition) is 1. The Bertz CT molecular complexity index is 562. The number of benzene rings is 1. The minimum Gasteiger partial charge on any atom is -0.310 e. The van der Waals surface area contributed by atoms with Gasteiger partial charge in [-0.05, 0) is 22.0 Å². The largest absolute Gasteiger partial charge is 0.310 e. The van der Waals surface area contributed by atoms with Crippen LogP contribution in [-0.4, -0.2) is 4.57 Å². The monoisotopic (exact) mass is 271 g/mol. The van der Waals surface area contributed by atoms with Crippen molar-refractivity contribution in [2.75, 3.05) is 0 Å². The van der Waals surface area contributed by atoms with E-state index in [1.54, 1.807) is 11.6 Å². The number of aromatic nitrogens is 1. The van der Waals surface area contributed by atoms with Gasteiger partial charge in [-0.1, -0.05) is 23.7 Å². The normalized spacial score (nSPS) is 10.8. The Morgan fingerprint density at radius 2 is 2.14 bits per heavy atom. The fourth-order valence-electron chi connectivity index (χ4n) is 1.44. The number of para-hydroxylation sites is 1. The molecule has 1 aromatic heterocycles. The fourth-order valence-corrected chi connectivity index (χ4v) is 2.32. The van der Waals surface area contributed by atoms with E-state index in [2.05, 4.69) is 15.9 Å². The lowest BCUT2D eigenvalue weighted by Gasteiger charge is -2.07. The Hall–Kier alpha value is -0.800. The van der Waals surface area contributed by atoms with Gasteiger partial charge in [0.25, 0.3) is 5.56 Å². The van der Waals surface area contributed by atoms with Crippen LogP contribution in [0.15, 0.2) is 33.5 Å². The van der Waals surface area contributed by atoms with Crippen LogP contribution < -0.4 is 5.56 Å². The molecule has 0 radical (unpaired) electrons. The second-order valence-corrected chi connectivity index (χ2v) is 4.29. The highest BCUT2D eigenvalue weighted by molar-refractivity contribution is 9.10. The van der Waals surface area contributed by atoms with Crippen LogP contribution in [-0.2, 0) is 7.05 Å². The van der Waals surface area contributed by atoms with Crippen LogP contribution in [0.4, 0.5) is 0 Å². The van der Waals surface area contributed by atoms with Crippen LogP contribution in [0.2, 0.25) is 5.02 Å². The van der Waals surface area contributed by atoms with E-state index in [1.807, 2.05) is 18.2 Å². The molecule has 0 amide bonds. The average Bonchev–Trinajstić information content (AvgIpc) is 2.14. The van der Waals surface area contributed by atoms with Crippen molar-refractivity contribution < 1.29 is 0 Å². The molecule has 2 aromatic rings. The Morgan fingerprint density at radius 3 is 2.86 bits per heavy atom. The summed E-state index contributed by atoms with van der Waals surface area (Å²) in [6, 6.07) is 7.10. The van der Waals surface area contributed by atoms with Gasteiger partial charge in [0.2, 0.25) is 0 Å². The molecule has 14 heavy (non-hydrogen) atoms. The Morgan fingerprint density at radius 1 is 1.43 bits per heavy atom. The summed E-state index contributed by atoms with van der Waals surface area (Å²) in [7, 11) is 1.73. The molecule has 2 rings (SSSR count). The molecule has 0 bridgehead atoms. The molecule has 0 spiro atoms. The SMILES string of the molecule is Cn1c(=O)cc(Cl)c2cccc(Br)c21. The average molecular weight is 273 g/mol. The lowest BCUT2D eigenvalue weighted by atomic mass is 10.2. The van der Waals surface area contributed by atoms with Crippen molar-refractivity contribution >= 4 is 38.4 Å². The highest BCUT2D eigenvalue weighted by Crippen LogP contribution is 2.26. The quantitative estimate of drug-likeness (QED) is 0.723. The van der Waals surface area contributed by atoms with Crippen molar-refractivity contribution in [3.63, 3.8) is 0 Å². The van der Waals surface area contributed by atoms with E-state index >= 15 is 0 Å². The van der Waals surface area contributed by atoms with Gasteiger partial charge >= 0.3 is 0 Å². The maximum Gasteiger partial charge on any atom is 0.252 e. The Balaban J connectivity index is 3.11. The van der Waals surface area contributed by atoms with Gasteiger partial charge in [0.15, 0.2) is 0 Å². The van der Waals surface area contributed by atoms with Gasteiger partial charge < -0.3 is 4.57 Å². The van der Waals surface area contributed by atoms with Crippen molar-refractivity contribution in [3.8, 4) is 0 Å². The lowest BCUT2D eigenvalue weighted by Crippen LogP contribution is -2.15. The molecule has 0 saturated carbocycles. The number of halogens is 2. The topological polar surface area (TPSA) is 22.0 Å². The molecule has 1 aromatic carbocycles. The third kappa shape index (κ3) is 1.37. The smallest absolute Gasteiger partial charge is 0.252 e. The van der Waals surface area contributed by atoms with Crippen LogP contribution in [0, 0.1) is 0 Å². The van der Waals surface area contributed by atoms with Gasteiger partial charge in [0.05, 0.1) is 10.5 Å². The number of rotatable bonds is 0. The van der Waals surface area contributed by atoms with Crippen molar-refractivity contribution in [1.29, 1.82) is 0 Å². The predicted octanol–water partition coefficient (Wildman–Crippen LogP) is 2.95. The van der Waals surface area contributed by atoms with Crippen molar-refractivity contribution in [3.05, 3.63) is 44.1 Å². The summed E-state index contributed by atoms with van der Waals surface area (Å²) in [5.41, 5.74) is 0.722. The third-order valence-corrected chi connectivity index (χ3v) is 3.11. The number of nitrogens with zero attached hydrogens (tertiary/aromatic N) is 1. The van der Waals surface area contributed by atoms with E-state index in [9.17, 15) is 4.79 Å². The molecule has 1 heterocycles. The zero-order valence-electron chi connectivity index (χ0n) is 7.42. The standard InChI is InChI=1S/C10H7BrClNO/c1-13-9(14)5-8(12)6-3-2-4-7(11)10(6)13/h2-5H,1H3. The van der Waals surface area contributed by atoms with Crippen molar-refractivity contribution in [2.45, 2.75) is 0 Å². The lowest BCUT2D eigenvalue weighted by molar-refractivity contribution is 0.904. The maximum absolute atomic E-state index is 11.5. The van der Waals surface area contributed by atoms with Gasteiger partial charge in [0.1, 0.15) is 0 Å². The number of aryl methyl sites for hydroxylation is 1. The second-order valence-electron chi connectivity index (χ2n) is 3.03. The van der Waals surface area contributed by atoms with Gasteiger partial charge in [-0.15, -0.1) is 0 Å². The second kappa shape index (κ2) is 3.41. The van der Waals surface area contributed by atoms with Crippen LogP contribution in [0.1, 0.15) is 0 Å². The van der Waals surface area contributed by atoms with E-state index < -0.39 is 0 Å². The molecule has 0 saturated heterocycles.